The van der Waals surface area contributed by atoms with E-state index in [1.165, 1.54) is 35.2 Å². The third kappa shape index (κ3) is 4.30. The van der Waals surface area contributed by atoms with Gasteiger partial charge in [0.2, 0.25) is 10.0 Å². The van der Waals surface area contributed by atoms with Gasteiger partial charge in [0.05, 0.1) is 18.9 Å². The number of ether oxygens (including phenoxy) is 1. The number of rotatable bonds is 8. The molecule has 0 spiro atoms. The van der Waals surface area contributed by atoms with Crippen LogP contribution in [0.3, 0.4) is 0 Å². The second-order valence-electron chi connectivity index (χ2n) is 7.04. The number of nitrogens with zero attached hydrogens (tertiary/aromatic N) is 4. The van der Waals surface area contributed by atoms with Gasteiger partial charge in [0.25, 0.3) is 0 Å². The summed E-state index contributed by atoms with van der Waals surface area (Å²) in [6.07, 6.45) is 3.34. The van der Waals surface area contributed by atoms with Crippen molar-refractivity contribution in [3.05, 3.63) is 59.6 Å². The molecule has 0 aliphatic carbocycles. The van der Waals surface area contributed by atoms with Crippen LogP contribution in [0.4, 0.5) is 4.39 Å². The fourth-order valence-corrected chi connectivity index (χ4v) is 5.13. The van der Waals surface area contributed by atoms with Crippen molar-refractivity contribution in [3.63, 3.8) is 0 Å². The van der Waals surface area contributed by atoms with Crippen LogP contribution in [0.1, 0.15) is 23.7 Å². The molecular weight excluding hydrogens is 411 g/mol. The monoisotopic (exact) mass is 434 g/mol. The molecule has 0 fully saturated rings. The smallest absolute Gasteiger partial charge is 0.218 e. The van der Waals surface area contributed by atoms with Crippen LogP contribution >= 0.6 is 0 Å². The first-order valence-corrected chi connectivity index (χ1v) is 11.4. The molecule has 1 aromatic carbocycles. The highest BCUT2D eigenvalue weighted by molar-refractivity contribution is 7.88. The van der Waals surface area contributed by atoms with Crippen molar-refractivity contribution in [3.8, 4) is 11.4 Å². The number of halogens is 1. The molecule has 0 unspecified atom stereocenters. The van der Waals surface area contributed by atoms with Gasteiger partial charge in [0.1, 0.15) is 23.5 Å². The van der Waals surface area contributed by atoms with E-state index in [9.17, 15) is 12.8 Å². The fraction of sp³-hybridized carbons (Fsp3) is 0.400. The van der Waals surface area contributed by atoms with Gasteiger partial charge in [-0.05, 0) is 24.6 Å². The zero-order valence-corrected chi connectivity index (χ0v) is 17.4. The zero-order chi connectivity index (χ0) is 21.1. The first-order valence-electron chi connectivity index (χ1n) is 9.75. The summed E-state index contributed by atoms with van der Waals surface area (Å²) in [7, 11) is -3.63. The Morgan fingerprint density at radius 2 is 2.20 bits per heavy atom. The van der Waals surface area contributed by atoms with Crippen LogP contribution in [-0.4, -0.2) is 47.2 Å². The van der Waals surface area contributed by atoms with Crippen molar-refractivity contribution < 1.29 is 22.0 Å². The van der Waals surface area contributed by atoms with E-state index < -0.39 is 15.8 Å². The van der Waals surface area contributed by atoms with Crippen molar-refractivity contribution in [1.29, 1.82) is 0 Å². The Hall–Kier alpha value is -2.56. The molecule has 0 bridgehead atoms. The zero-order valence-electron chi connectivity index (χ0n) is 16.6. The molecule has 4 rings (SSSR count). The van der Waals surface area contributed by atoms with Crippen molar-refractivity contribution in [2.75, 3.05) is 19.8 Å². The first kappa shape index (κ1) is 20.7. The van der Waals surface area contributed by atoms with Crippen molar-refractivity contribution in [1.82, 2.24) is 19.1 Å². The van der Waals surface area contributed by atoms with Crippen LogP contribution in [-0.2, 0) is 40.0 Å². The molecule has 3 heterocycles. The molecular formula is C20H23FN4O4S. The maximum Gasteiger partial charge on any atom is 0.218 e. The van der Waals surface area contributed by atoms with E-state index in [0.717, 1.165) is 11.3 Å². The van der Waals surface area contributed by atoms with Gasteiger partial charge in [-0.25, -0.2) is 17.8 Å². The molecule has 30 heavy (non-hydrogen) atoms. The van der Waals surface area contributed by atoms with Crippen LogP contribution in [0, 0.1) is 5.82 Å². The van der Waals surface area contributed by atoms with Gasteiger partial charge in [0, 0.05) is 37.4 Å². The van der Waals surface area contributed by atoms with Crippen molar-refractivity contribution in [2.24, 2.45) is 0 Å². The molecule has 0 atom stereocenters. The summed E-state index contributed by atoms with van der Waals surface area (Å²) in [4.78, 5) is 4.19. The summed E-state index contributed by atoms with van der Waals surface area (Å²) in [6, 6.07) is 5.67. The number of aromatic nitrogens is 3. The molecule has 160 valence electrons. The summed E-state index contributed by atoms with van der Waals surface area (Å²) in [5, 5.41) is 4.66. The molecule has 8 nitrogen and oxygen atoms in total. The molecule has 2 aromatic heterocycles. The molecule has 0 N–H and O–H groups in total. The maximum atomic E-state index is 13.5. The van der Waals surface area contributed by atoms with Crippen molar-refractivity contribution in [2.45, 2.75) is 32.2 Å². The maximum absolute atomic E-state index is 13.5. The van der Waals surface area contributed by atoms with E-state index in [1.807, 2.05) is 11.6 Å². The first-order chi connectivity index (χ1) is 14.5. The molecule has 10 heteroatoms. The second kappa shape index (κ2) is 8.66. The van der Waals surface area contributed by atoms with E-state index in [1.54, 1.807) is 6.07 Å². The van der Waals surface area contributed by atoms with Crippen LogP contribution in [0.15, 0.2) is 41.3 Å². The average molecular weight is 434 g/mol. The van der Waals surface area contributed by atoms with Crippen LogP contribution in [0.2, 0.25) is 0 Å². The SMILES string of the molecule is CCOCCn1nc(-c2cocn2)c2c1CCN(S(=O)(=O)Cc1cccc(F)c1)C2. The predicted molar refractivity (Wildman–Crippen MR) is 107 cm³/mol. The van der Waals surface area contributed by atoms with Gasteiger partial charge < -0.3 is 9.15 Å². The highest BCUT2D eigenvalue weighted by Gasteiger charge is 2.32. The normalized spacial score (nSPS) is 14.7. The van der Waals surface area contributed by atoms with E-state index in [4.69, 9.17) is 9.15 Å². The standard InChI is InChI=1S/C20H23FN4O4S/c1-2-28-9-8-25-19-6-7-24(11-17(19)20(23-25)18-12-29-14-22-18)30(26,27)13-15-4-3-5-16(21)10-15/h3-5,10,12,14H,2,6-9,11,13H2,1H3. The lowest BCUT2D eigenvalue weighted by molar-refractivity contribution is 0.135. The Kier molecular flexibility index (Phi) is 5.98. The average Bonchev–Trinajstić information content (AvgIpc) is 3.35. The van der Waals surface area contributed by atoms with Gasteiger partial charge in [-0.15, -0.1) is 0 Å². The minimum absolute atomic E-state index is 0.184. The molecule has 0 saturated carbocycles. The summed E-state index contributed by atoms with van der Waals surface area (Å²) in [6.45, 7) is 4.16. The van der Waals surface area contributed by atoms with E-state index in [0.29, 0.717) is 49.7 Å². The lowest BCUT2D eigenvalue weighted by Crippen LogP contribution is -2.37. The molecule has 0 saturated heterocycles. The summed E-state index contributed by atoms with van der Waals surface area (Å²) < 4.78 is 53.3. The van der Waals surface area contributed by atoms with E-state index in [-0.39, 0.29) is 12.3 Å². The molecule has 0 radical (unpaired) electrons. The number of oxazole rings is 1. The third-order valence-electron chi connectivity index (χ3n) is 5.06. The summed E-state index contributed by atoms with van der Waals surface area (Å²) >= 11 is 0. The minimum atomic E-state index is -3.63. The number of fused-ring (bicyclic) bond motifs is 1. The third-order valence-corrected chi connectivity index (χ3v) is 6.85. The van der Waals surface area contributed by atoms with Crippen molar-refractivity contribution >= 4 is 10.0 Å². The lowest BCUT2D eigenvalue weighted by Gasteiger charge is -2.27. The molecule has 1 aliphatic rings. The van der Waals surface area contributed by atoms with Gasteiger partial charge >= 0.3 is 0 Å². The number of hydrogen-bond acceptors (Lipinski definition) is 6. The number of sulfonamides is 1. The lowest BCUT2D eigenvalue weighted by atomic mass is 10.1. The quantitative estimate of drug-likeness (QED) is 0.506. The van der Waals surface area contributed by atoms with Gasteiger partial charge in [0.15, 0.2) is 6.39 Å². The summed E-state index contributed by atoms with van der Waals surface area (Å²) in [5.41, 5.74) is 3.39. The van der Waals surface area contributed by atoms with Crippen LogP contribution in [0.5, 0.6) is 0 Å². The minimum Gasteiger partial charge on any atom is -0.451 e. The Morgan fingerprint density at radius 1 is 1.33 bits per heavy atom. The fourth-order valence-electron chi connectivity index (χ4n) is 3.65. The highest BCUT2D eigenvalue weighted by Crippen LogP contribution is 2.31. The van der Waals surface area contributed by atoms with Crippen LogP contribution in [0.25, 0.3) is 11.4 Å². The Morgan fingerprint density at radius 3 is 2.93 bits per heavy atom. The highest BCUT2D eigenvalue weighted by atomic mass is 32.2. The van der Waals surface area contributed by atoms with E-state index >= 15 is 0 Å². The molecule has 1 aliphatic heterocycles. The largest absolute Gasteiger partial charge is 0.451 e. The Labute approximate surface area is 174 Å². The molecule has 3 aromatic rings. The van der Waals surface area contributed by atoms with Gasteiger partial charge in [-0.1, -0.05) is 12.1 Å². The molecule has 0 amide bonds. The van der Waals surface area contributed by atoms with Gasteiger partial charge in [-0.3, -0.25) is 4.68 Å². The number of benzene rings is 1. The number of hydrogen-bond donors (Lipinski definition) is 0. The second-order valence-corrected chi connectivity index (χ2v) is 9.01. The van der Waals surface area contributed by atoms with Crippen LogP contribution < -0.4 is 0 Å². The van der Waals surface area contributed by atoms with Gasteiger partial charge in [-0.2, -0.15) is 9.40 Å². The topological polar surface area (TPSA) is 90.5 Å². The predicted octanol–water partition coefficient (Wildman–Crippen LogP) is 2.60. The summed E-state index contributed by atoms with van der Waals surface area (Å²) in [5.74, 6) is -0.703. The Bertz CT molecular complexity index is 1110. The Balaban J connectivity index is 1.62. The van der Waals surface area contributed by atoms with E-state index in [2.05, 4.69) is 10.1 Å².